The minimum atomic E-state index is -3.20. The Labute approximate surface area is 245 Å². The van der Waals surface area contributed by atoms with E-state index in [0.717, 1.165) is 33.4 Å². The Hall–Kier alpha value is -3.63. The van der Waals surface area contributed by atoms with Crippen molar-refractivity contribution in [2.24, 2.45) is 0 Å². The summed E-state index contributed by atoms with van der Waals surface area (Å²) >= 11 is 0. The maximum absolute atomic E-state index is 15.3. The first-order chi connectivity index (χ1) is 20.0. The smallest absolute Gasteiger partial charge is 0.306 e. The Balaban J connectivity index is 1.21. The van der Waals surface area contributed by atoms with Gasteiger partial charge in [0.05, 0.1) is 39.5 Å². The molecule has 2 aliphatic heterocycles. The SMILES string of the molecule is COC(=O)CC1COc2cc(O[C@@H]3CCc4c(-c5c(C)cc(OC6CN(S(C)(=O)=O)C6)cc5C)ccc(F)c43)ccc21. The first-order valence-corrected chi connectivity index (χ1v) is 15.9. The van der Waals surface area contributed by atoms with Crippen LogP contribution in [0.3, 0.4) is 0 Å². The van der Waals surface area contributed by atoms with Crippen LogP contribution >= 0.6 is 0 Å². The number of rotatable bonds is 8. The number of methoxy groups -OCH3 is 1. The van der Waals surface area contributed by atoms with Gasteiger partial charge in [-0.1, -0.05) is 12.1 Å². The molecule has 3 aliphatic rings. The van der Waals surface area contributed by atoms with E-state index in [2.05, 4.69) is 0 Å². The third-order valence-electron chi connectivity index (χ3n) is 8.43. The lowest BCUT2D eigenvalue weighted by atomic mass is 9.90. The van der Waals surface area contributed by atoms with Crippen molar-refractivity contribution in [3.8, 4) is 28.4 Å². The summed E-state index contributed by atoms with van der Waals surface area (Å²) in [6, 6.07) is 12.8. The van der Waals surface area contributed by atoms with E-state index >= 15 is 4.39 Å². The first-order valence-electron chi connectivity index (χ1n) is 14.1. The molecule has 0 amide bonds. The molecule has 2 atom stereocenters. The summed E-state index contributed by atoms with van der Waals surface area (Å²) in [4.78, 5) is 11.7. The first kappa shape index (κ1) is 28.5. The van der Waals surface area contributed by atoms with E-state index < -0.39 is 16.1 Å². The van der Waals surface area contributed by atoms with Gasteiger partial charge in [0.1, 0.15) is 35.3 Å². The van der Waals surface area contributed by atoms with Gasteiger partial charge >= 0.3 is 5.97 Å². The van der Waals surface area contributed by atoms with E-state index in [-0.39, 0.29) is 30.2 Å². The number of aryl methyl sites for hydroxylation is 2. The van der Waals surface area contributed by atoms with Crippen LogP contribution in [0.25, 0.3) is 11.1 Å². The van der Waals surface area contributed by atoms with Crippen LogP contribution in [0.15, 0.2) is 42.5 Å². The lowest BCUT2D eigenvalue weighted by Crippen LogP contribution is -2.55. The van der Waals surface area contributed by atoms with Crippen molar-refractivity contribution in [1.82, 2.24) is 4.31 Å². The molecule has 10 heteroatoms. The average molecular weight is 596 g/mol. The maximum atomic E-state index is 15.3. The van der Waals surface area contributed by atoms with Gasteiger partial charge in [0, 0.05) is 23.1 Å². The lowest BCUT2D eigenvalue weighted by Gasteiger charge is -2.37. The third kappa shape index (κ3) is 5.33. The highest BCUT2D eigenvalue weighted by Gasteiger charge is 2.35. The molecular weight excluding hydrogens is 561 g/mol. The Kier molecular flexibility index (Phi) is 7.39. The zero-order valence-corrected chi connectivity index (χ0v) is 24.9. The normalized spacial score (nSPS) is 19.9. The number of benzene rings is 3. The molecule has 1 unspecified atom stereocenters. The Morgan fingerprint density at radius 1 is 1.05 bits per heavy atom. The number of esters is 1. The number of ether oxygens (including phenoxy) is 4. The number of carbonyl (C=O) groups is 1. The van der Waals surface area contributed by atoms with Crippen LogP contribution in [-0.2, 0) is 26.0 Å². The molecule has 0 spiro atoms. The van der Waals surface area contributed by atoms with E-state index in [4.69, 9.17) is 18.9 Å². The second kappa shape index (κ2) is 10.9. The highest BCUT2D eigenvalue weighted by molar-refractivity contribution is 7.88. The van der Waals surface area contributed by atoms with Crippen LogP contribution in [-0.4, -0.2) is 57.9 Å². The molecule has 3 aromatic carbocycles. The Morgan fingerprint density at radius 3 is 2.48 bits per heavy atom. The van der Waals surface area contributed by atoms with Crippen molar-refractivity contribution in [3.63, 3.8) is 0 Å². The largest absolute Gasteiger partial charge is 0.492 e. The topological polar surface area (TPSA) is 91.4 Å². The molecule has 0 radical (unpaired) electrons. The monoisotopic (exact) mass is 595 g/mol. The number of nitrogens with zero attached hydrogens (tertiary/aromatic N) is 1. The summed E-state index contributed by atoms with van der Waals surface area (Å²) in [5, 5.41) is 0. The van der Waals surface area contributed by atoms with Crippen molar-refractivity contribution in [2.75, 3.05) is 33.1 Å². The van der Waals surface area contributed by atoms with Gasteiger partial charge in [0.25, 0.3) is 0 Å². The Morgan fingerprint density at radius 2 is 1.79 bits per heavy atom. The number of hydrogen-bond acceptors (Lipinski definition) is 7. The summed E-state index contributed by atoms with van der Waals surface area (Å²) in [7, 11) is -1.83. The van der Waals surface area contributed by atoms with Gasteiger partial charge in [-0.15, -0.1) is 0 Å². The molecule has 1 fully saturated rings. The van der Waals surface area contributed by atoms with Gasteiger partial charge in [0.15, 0.2) is 0 Å². The molecule has 2 heterocycles. The number of hydrogen-bond donors (Lipinski definition) is 0. The van der Waals surface area contributed by atoms with Crippen LogP contribution in [0.1, 0.15) is 52.7 Å². The van der Waals surface area contributed by atoms with Gasteiger partial charge < -0.3 is 18.9 Å². The predicted octanol–water partition coefficient (Wildman–Crippen LogP) is 5.24. The fourth-order valence-electron chi connectivity index (χ4n) is 6.33. The van der Waals surface area contributed by atoms with E-state index in [0.29, 0.717) is 55.4 Å². The molecule has 6 rings (SSSR count). The van der Waals surface area contributed by atoms with Gasteiger partial charge in [-0.2, -0.15) is 4.31 Å². The molecule has 3 aromatic rings. The quantitative estimate of drug-likeness (QED) is 0.329. The summed E-state index contributed by atoms with van der Waals surface area (Å²) < 4.78 is 63.1. The van der Waals surface area contributed by atoms with Crippen molar-refractivity contribution in [2.45, 2.75) is 51.2 Å². The van der Waals surface area contributed by atoms with Crippen LogP contribution in [0.5, 0.6) is 17.2 Å². The summed E-state index contributed by atoms with van der Waals surface area (Å²) in [6.45, 7) is 5.11. The molecule has 222 valence electrons. The van der Waals surface area contributed by atoms with Gasteiger partial charge in [0.2, 0.25) is 10.0 Å². The van der Waals surface area contributed by atoms with Gasteiger partial charge in [-0.05, 0) is 78.8 Å². The minimum Gasteiger partial charge on any atom is -0.492 e. The van der Waals surface area contributed by atoms with Crippen LogP contribution in [0.2, 0.25) is 0 Å². The van der Waals surface area contributed by atoms with Crippen molar-refractivity contribution < 1.29 is 36.6 Å². The third-order valence-corrected chi connectivity index (χ3v) is 9.66. The minimum absolute atomic E-state index is 0.0622. The van der Waals surface area contributed by atoms with Crippen LogP contribution in [0, 0.1) is 19.7 Å². The summed E-state index contributed by atoms with van der Waals surface area (Å²) in [6.07, 6.45) is 2.15. The van der Waals surface area contributed by atoms with Crippen molar-refractivity contribution >= 4 is 16.0 Å². The number of sulfonamides is 1. The van der Waals surface area contributed by atoms with Crippen molar-refractivity contribution in [1.29, 1.82) is 0 Å². The molecule has 8 nitrogen and oxygen atoms in total. The molecule has 0 N–H and O–H groups in total. The van der Waals surface area contributed by atoms with Gasteiger partial charge in [-0.3, -0.25) is 4.79 Å². The van der Waals surface area contributed by atoms with E-state index in [1.54, 1.807) is 0 Å². The zero-order chi connectivity index (χ0) is 29.8. The highest BCUT2D eigenvalue weighted by atomic mass is 32.2. The van der Waals surface area contributed by atoms with Crippen LogP contribution in [0.4, 0.5) is 4.39 Å². The molecule has 0 saturated carbocycles. The van der Waals surface area contributed by atoms with E-state index in [9.17, 15) is 13.2 Å². The van der Waals surface area contributed by atoms with E-state index in [1.807, 2.05) is 50.2 Å². The summed E-state index contributed by atoms with van der Waals surface area (Å²) in [5.74, 6) is 1.33. The fourth-order valence-corrected chi connectivity index (χ4v) is 7.20. The molecule has 42 heavy (non-hydrogen) atoms. The number of halogens is 1. The van der Waals surface area contributed by atoms with Crippen LogP contribution < -0.4 is 14.2 Å². The number of carbonyl (C=O) groups excluding carboxylic acids is 1. The zero-order valence-electron chi connectivity index (χ0n) is 24.1. The van der Waals surface area contributed by atoms with E-state index in [1.165, 1.54) is 23.7 Å². The standard InChI is InChI=1S/C32H34FNO7S/c1-18-11-22(40-23-15-34(16-23)42(4,36)37)12-19(2)31(18)25-7-9-27(33)32-26(25)8-10-28(32)41-21-5-6-24-20(13-30(35)38-3)17-39-29(24)14-21/h5-7,9,11-12,14,20,23,28H,8,10,13,15-17H2,1-4H3/t20?,28-/m1/s1. The molecule has 1 saturated heterocycles. The van der Waals surface area contributed by atoms with Gasteiger partial charge in [-0.25, -0.2) is 12.8 Å². The molecule has 1 aliphatic carbocycles. The average Bonchev–Trinajstić information content (AvgIpc) is 3.50. The second-order valence-corrected chi connectivity index (χ2v) is 13.4. The maximum Gasteiger partial charge on any atom is 0.306 e. The fraction of sp³-hybridized carbons (Fsp3) is 0.406. The second-order valence-electron chi connectivity index (χ2n) is 11.4. The number of fused-ring (bicyclic) bond motifs is 2. The molecular formula is C32H34FNO7S. The highest BCUT2D eigenvalue weighted by Crippen LogP contribution is 2.45. The predicted molar refractivity (Wildman–Crippen MR) is 155 cm³/mol. The Bertz CT molecular complexity index is 1640. The molecule has 0 bridgehead atoms. The lowest BCUT2D eigenvalue weighted by molar-refractivity contribution is -0.141. The molecule has 0 aromatic heterocycles. The summed E-state index contributed by atoms with van der Waals surface area (Å²) in [5.41, 5.74) is 6.48. The van der Waals surface area contributed by atoms with Crippen molar-refractivity contribution in [3.05, 3.63) is 76.1 Å².